The molecule has 1 amide bonds. The summed E-state index contributed by atoms with van der Waals surface area (Å²) < 4.78 is 0. The third kappa shape index (κ3) is 2.41. The van der Waals surface area contributed by atoms with Crippen LogP contribution in [0.5, 0.6) is 0 Å². The Bertz CT molecular complexity index is 792. The lowest BCUT2D eigenvalue weighted by Gasteiger charge is -2.33. The normalized spacial score (nSPS) is 19.3. The zero-order chi connectivity index (χ0) is 16.0. The van der Waals surface area contributed by atoms with Gasteiger partial charge in [0.05, 0.1) is 6.04 Å². The second-order valence-electron chi connectivity index (χ2n) is 6.39. The van der Waals surface area contributed by atoms with Gasteiger partial charge in [0, 0.05) is 17.0 Å². The van der Waals surface area contributed by atoms with Crippen LogP contribution in [-0.4, -0.2) is 23.1 Å². The molecule has 1 aliphatic carbocycles. The van der Waals surface area contributed by atoms with Crippen LogP contribution in [-0.2, 0) is 24.1 Å². The minimum atomic E-state index is -0.370. The van der Waals surface area contributed by atoms with E-state index in [0.29, 0.717) is 12.1 Å². The number of benzene rings is 1. The van der Waals surface area contributed by atoms with Crippen LogP contribution < -0.4 is 0 Å². The van der Waals surface area contributed by atoms with E-state index in [-0.39, 0.29) is 17.7 Å². The van der Waals surface area contributed by atoms with Crippen LogP contribution in [0.1, 0.15) is 51.3 Å². The predicted octanol–water partition coefficient (Wildman–Crippen LogP) is 3.57. The van der Waals surface area contributed by atoms with Gasteiger partial charge in [0.25, 0.3) is 5.91 Å². The quantitative estimate of drug-likeness (QED) is 0.625. The maximum absolute atomic E-state index is 12.7. The van der Waals surface area contributed by atoms with Crippen LogP contribution in [0.25, 0.3) is 0 Å². The Hall–Kier alpha value is -1.94. The first kappa shape index (κ1) is 14.6. The van der Waals surface area contributed by atoms with Gasteiger partial charge in [0.2, 0.25) is 5.78 Å². The first-order valence-electron chi connectivity index (χ1n) is 8.18. The van der Waals surface area contributed by atoms with E-state index in [2.05, 4.69) is 11.4 Å². The number of ketones is 1. The van der Waals surface area contributed by atoms with Crippen molar-refractivity contribution >= 4 is 23.0 Å². The van der Waals surface area contributed by atoms with Gasteiger partial charge in [-0.1, -0.05) is 12.1 Å². The summed E-state index contributed by atoms with van der Waals surface area (Å²) in [5.41, 5.74) is 4.29. The van der Waals surface area contributed by atoms with Crippen LogP contribution in [0.3, 0.4) is 0 Å². The molecule has 118 valence electrons. The zero-order valence-electron chi connectivity index (χ0n) is 13.2. The van der Waals surface area contributed by atoms with Gasteiger partial charge in [-0.25, -0.2) is 0 Å². The monoisotopic (exact) mass is 325 g/mol. The van der Waals surface area contributed by atoms with E-state index in [1.807, 2.05) is 25.1 Å². The third-order valence-electron chi connectivity index (χ3n) is 5.09. The average Bonchev–Trinajstić information content (AvgIpc) is 3.22. The lowest BCUT2D eigenvalue weighted by Crippen LogP contribution is -2.42. The summed E-state index contributed by atoms with van der Waals surface area (Å²) in [5.74, 6) is -0.738. The number of thiophene rings is 1. The Labute approximate surface area is 139 Å². The molecule has 0 saturated heterocycles. The van der Waals surface area contributed by atoms with E-state index in [1.54, 1.807) is 16.2 Å². The molecular formula is C19H19NO2S. The lowest BCUT2D eigenvalue weighted by atomic mass is 9.99. The van der Waals surface area contributed by atoms with Crippen LogP contribution >= 0.6 is 11.3 Å². The Morgan fingerprint density at radius 3 is 2.83 bits per heavy atom. The number of hydrogen-bond acceptors (Lipinski definition) is 3. The standard InChI is InChI=1S/C19H19NO2S/c1-12-16-8-10-23-17(16)7-9-20(12)19(22)18(21)15-6-5-13-3-2-4-14(13)11-15/h5-6,8,10-12H,2-4,7,9H2,1H3. The molecule has 2 aliphatic rings. The smallest absolute Gasteiger partial charge is 0.295 e. The van der Waals surface area contributed by atoms with Crippen molar-refractivity contribution in [2.24, 2.45) is 0 Å². The van der Waals surface area contributed by atoms with E-state index in [4.69, 9.17) is 0 Å². The summed E-state index contributed by atoms with van der Waals surface area (Å²) in [6.45, 7) is 2.64. The Balaban J connectivity index is 1.58. The molecule has 1 aromatic heterocycles. The number of fused-ring (bicyclic) bond motifs is 2. The molecule has 23 heavy (non-hydrogen) atoms. The van der Waals surface area contributed by atoms with Gasteiger partial charge in [-0.3, -0.25) is 9.59 Å². The molecule has 0 saturated carbocycles. The SMILES string of the molecule is CC1c2ccsc2CCN1C(=O)C(=O)c1ccc2c(c1)CCC2. The number of rotatable bonds is 2. The number of aryl methyl sites for hydroxylation is 2. The van der Waals surface area contributed by atoms with Crippen molar-refractivity contribution in [3.63, 3.8) is 0 Å². The molecule has 1 aliphatic heterocycles. The number of Topliss-reactive ketones (excluding diaryl/α,β-unsaturated/α-hetero) is 1. The Morgan fingerprint density at radius 1 is 1.13 bits per heavy atom. The van der Waals surface area contributed by atoms with Crippen molar-refractivity contribution in [1.29, 1.82) is 0 Å². The highest BCUT2D eigenvalue weighted by Gasteiger charge is 2.32. The van der Waals surface area contributed by atoms with Crippen molar-refractivity contribution in [1.82, 2.24) is 4.90 Å². The van der Waals surface area contributed by atoms with E-state index in [9.17, 15) is 9.59 Å². The van der Waals surface area contributed by atoms with Gasteiger partial charge < -0.3 is 4.90 Å². The molecule has 2 aromatic rings. The third-order valence-corrected chi connectivity index (χ3v) is 6.09. The second kappa shape index (κ2) is 5.60. The summed E-state index contributed by atoms with van der Waals surface area (Å²) in [4.78, 5) is 28.4. The molecule has 1 unspecified atom stereocenters. The minimum Gasteiger partial charge on any atom is -0.329 e. The molecule has 2 heterocycles. The van der Waals surface area contributed by atoms with Gasteiger partial charge >= 0.3 is 0 Å². The summed E-state index contributed by atoms with van der Waals surface area (Å²) in [7, 11) is 0. The van der Waals surface area contributed by atoms with Crippen LogP contribution in [0, 0.1) is 0 Å². The topological polar surface area (TPSA) is 37.4 Å². The number of hydrogen-bond donors (Lipinski definition) is 0. The summed E-state index contributed by atoms with van der Waals surface area (Å²) in [5, 5.41) is 2.07. The molecular weight excluding hydrogens is 306 g/mol. The predicted molar refractivity (Wildman–Crippen MR) is 90.9 cm³/mol. The van der Waals surface area contributed by atoms with Crippen molar-refractivity contribution in [3.05, 3.63) is 56.8 Å². The summed E-state index contributed by atoms with van der Waals surface area (Å²) >= 11 is 1.74. The first-order valence-corrected chi connectivity index (χ1v) is 9.06. The van der Waals surface area contributed by atoms with Gasteiger partial charge in [-0.15, -0.1) is 11.3 Å². The molecule has 4 rings (SSSR count). The average molecular weight is 325 g/mol. The van der Waals surface area contributed by atoms with E-state index in [0.717, 1.165) is 25.7 Å². The molecule has 0 N–H and O–H groups in total. The van der Waals surface area contributed by atoms with Crippen LogP contribution in [0.4, 0.5) is 0 Å². The van der Waals surface area contributed by atoms with E-state index in [1.165, 1.54) is 21.6 Å². The lowest BCUT2D eigenvalue weighted by molar-refractivity contribution is -0.128. The van der Waals surface area contributed by atoms with Crippen molar-refractivity contribution in [2.75, 3.05) is 6.54 Å². The number of carbonyl (C=O) groups excluding carboxylic acids is 2. The largest absolute Gasteiger partial charge is 0.329 e. The van der Waals surface area contributed by atoms with Gasteiger partial charge in [-0.2, -0.15) is 0 Å². The second-order valence-corrected chi connectivity index (χ2v) is 7.39. The van der Waals surface area contributed by atoms with Crippen LogP contribution in [0.15, 0.2) is 29.6 Å². The molecule has 4 heteroatoms. The van der Waals surface area contributed by atoms with Gasteiger partial charge in [-0.05, 0) is 66.8 Å². The molecule has 0 spiro atoms. The van der Waals surface area contributed by atoms with E-state index >= 15 is 0 Å². The molecule has 0 bridgehead atoms. The first-order chi connectivity index (χ1) is 11.1. The van der Waals surface area contributed by atoms with Crippen molar-refractivity contribution in [2.45, 2.75) is 38.6 Å². The van der Waals surface area contributed by atoms with E-state index < -0.39 is 0 Å². The Morgan fingerprint density at radius 2 is 1.96 bits per heavy atom. The highest BCUT2D eigenvalue weighted by atomic mass is 32.1. The maximum atomic E-state index is 12.7. The van der Waals surface area contributed by atoms with Crippen LogP contribution in [0.2, 0.25) is 0 Å². The highest BCUT2D eigenvalue weighted by Crippen LogP contribution is 2.33. The highest BCUT2D eigenvalue weighted by molar-refractivity contribution is 7.10. The maximum Gasteiger partial charge on any atom is 0.295 e. The number of carbonyl (C=O) groups is 2. The van der Waals surface area contributed by atoms with Gasteiger partial charge in [0.1, 0.15) is 0 Å². The molecule has 1 atom stereocenters. The molecule has 0 radical (unpaired) electrons. The minimum absolute atomic E-state index is 0.0177. The Kier molecular flexibility index (Phi) is 3.57. The fourth-order valence-electron chi connectivity index (χ4n) is 3.75. The number of nitrogens with zero attached hydrogens (tertiary/aromatic N) is 1. The number of amides is 1. The summed E-state index contributed by atoms with van der Waals surface area (Å²) in [6.07, 6.45) is 4.09. The molecule has 0 fully saturated rings. The van der Waals surface area contributed by atoms with Gasteiger partial charge in [0.15, 0.2) is 0 Å². The fraction of sp³-hybridized carbons (Fsp3) is 0.368. The summed E-state index contributed by atoms with van der Waals surface area (Å²) in [6, 6.07) is 7.81. The fourth-order valence-corrected chi connectivity index (χ4v) is 4.72. The molecule has 1 aromatic carbocycles. The van der Waals surface area contributed by atoms with Crippen molar-refractivity contribution < 1.29 is 9.59 Å². The zero-order valence-corrected chi connectivity index (χ0v) is 14.0. The molecule has 3 nitrogen and oxygen atoms in total. The van der Waals surface area contributed by atoms with Crippen molar-refractivity contribution in [3.8, 4) is 0 Å².